The molecular weight excluding hydrogens is 447 g/mol. The number of aryl methyl sites for hydroxylation is 1. The normalized spacial score (nSPS) is 11.0. The van der Waals surface area contributed by atoms with Gasteiger partial charge < -0.3 is 10.1 Å². The molecule has 1 amide bonds. The summed E-state index contributed by atoms with van der Waals surface area (Å²) in [5.74, 6) is -1.76. The average Bonchev–Trinajstić information content (AvgIpc) is 2.82. The molecular formula is C24H23FN2O5S. The summed E-state index contributed by atoms with van der Waals surface area (Å²) < 4.78 is 45.3. The van der Waals surface area contributed by atoms with Crippen molar-refractivity contribution in [2.75, 3.05) is 18.0 Å². The summed E-state index contributed by atoms with van der Waals surface area (Å²) >= 11 is 0. The van der Waals surface area contributed by atoms with Crippen molar-refractivity contribution in [3.05, 3.63) is 95.3 Å². The zero-order valence-electron chi connectivity index (χ0n) is 18.1. The van der Waals surface area contributed by atoms with Crippen molar-refractivity contribution in [1.29, 1.82) is 0 Å². The maximum atomic E-state index is 13.6. The van der Waals surface area contributed by atoms with Gasteiger partial charge in [0.2, 0.25) is 0 Å². The van der Waals surface area contributed by atoms with Crippen LogP contribution in [0, 0.1) is 12.7 Å². The molecule has 7 nitrogen and oxygen atoms in total. The second-order valence-corrected chi connectivity index (χ2v) is 9.25. The van der Waals surface area contributed by atoms with Crippen LogP contribution >= 0.6 is 0 Å². The van der Waals surface area contributed by atoms with Crippen molar-refractivity contribution < 1.29 is 27.1 Å². The van der Waals surface area contributed by atoms with E-state index in [2.05, 4.69) is 5.32 Å². The Labute approximate surface area is 191 Å². The molecule has 0 aliphatic carbocycles. The average molecular weight is 471 g/mol. The van der Waals surface area contributed by atoms with Crippen LogP contribution in [-0.2, 0) is 26.1 Å². The molecule has 0 aromatic heterocycles. The van der Waals surface area contributed by atoms with Gasteiger partial charge in [0.15, 0.2) is 6.61 Å². The van der Waals surface area contributed by atoms with Crippen molar-refractivity contribution in [1.82, 2.24) is 5.32 Å². The summed E-state index contributed by atoms with van der Waals surface area (Å²) in [7, 11) is -2.34. The van der Waals surface area contributed by atoms with Gasteiger partial charge in [0, 0.05) is 19.2 Å². The molecule has 0 heterocycles. The van der Waals surface area contributed by atoms with Crippen molar-refractivity contribution in [3.63, 3.8) is 0 Å². The molecule has 1 N–H and O–H groups in total. The van der Waals surface area contributed by atoms with Crippen LogP contribution in [0.4, 0.5) is 10.1 Å². The molecule has 0 radical (unpaired) electrons. The molecule has 0 saturated carbocycles. The second-order valence-electron chi connectivity index (χ2n) is 7.28. The van der Waals surface area contributed by atoms with Crippen molar-refractivity contribution in [3.8, 4) is 0 Å². The summed E-state index contributed by atoms with van der Waals surface area (Å²) in [6.07, 6.45) is 0. The minimum atomic E-state index is -3.76. The molecule has 9 heteroatoms. The summed E-state index contributed by atoms with van der Waals surface area (Å²) in [6, 6.07) is 18.3. The van der Waals surface area contributed by atoms with E-state index in [1.807, 2.05) is 6.92 Å². The molecule has 172 valence electrons. The molecule has 0 atom stereocenters. The largest absolute Gasteiger partial charge is 0.452 e. The minimum absolute atomic E-state index is 0.0282. The van der Waals surface area contributed by atoms with Crippen LogP contribution in [0.5, 0.6) is 0 Å². The Bertz CT molecular complexity index is 1240. The van der Waals surface area contributed by atoms with Gasteiger partial charge in [-0.25, -0.2) is 17.6 Å². The highest BCUT2D eigenvalue weighted by molar-refractivity contribution is 7.92. The first-order valence-corrected chi connectivity index (χ1v) is 11.5. The molecule has 3 rings (SSSR count). The van der Waals surface area contributed by atoms with Crippen LogP contribution in [0.1, 0.15) is 21.5 Å². The Morgan fingerprint density at radius 3 is 2.24 bits per heavy atom. The third-order valence-electron chi connectivity index (χ3n) is 4.91. The summed E-state index contributed by atoms with van der Waals surface area (Å²) in [4.78, 5) is 24.3. The lowest BCUT2D eigenvalue weighted by Gasteiger charge is -2.19. The van der Waals surface area contributed by atoms with Gasteiger partial charge in [-0.3, -0.25) is 9.10 Å². The lowest BCUT2D eigenvalue weighted by Crippen LogP contribution is -2.28. The number of benzene rings is 3. The van der Waals surface area contributed by atoms with Crippen LogP contribution < -0.4 is 9.62 Å². The van der Waals surface area contributed by atoms with E-state index in [4.69, 9.17) is 4.74 Å². The van der Waals surface area contributed by atoms with Gasteiger partial charge in [0.05, 0.1) is 16.1 Å². The molecule has 33 heavy (non-hydrogen) atoms. The van der Waals surface area contributed by atoms with Gasteiger partial charge >= 0.3 is 5.97 Å². The summed E-state index contributed by atoms with van der Waals surface area (Å²) in [5.41, 5.74) is 1.77. The topological polar surface area (TPSA) is 92.8 Å². The maximum Gasteiger partial charge on any atom is 0.338 e. The maximum absolute atomic E-state index is 13.6. The Hall–Kier alpha value is -3.72. The molecule has 0 aliphatic rings. The van der Waals surface area contributed by atoms with Gasteiger partial charge in [-0.2, -0.15) is 0 Å². The van der Waals surface area contributed by atoms with Gasteiger partial charge in [0.1, 0.15) is 5.82 Å². The lowest BCUT2D eigenvalue weighted by molar-refractivity contribution is -0.124. The summed E-state index contributed by atoms with van der Waals surface area (Å²) in [6.45, 7) is 1.31. The van der Waals surface area contributed by atoms with Crippen LogP contribution in [0.15, 0.2) is 77.7 Å². The van der Waals surface area contributed by atoms with E-state index in [0.717, 1.165) is 9.87 Å². The van der Waals surface area contributed by atoms with Crippen LogP contribution in [0.2, 0.25) is 0 Å². The number of ether oxygens (including phenoxy) is 1. The number of halogens is 1. The van der Waals surface area contributed by atoms with E-state index in [1.54, 1.807) is 30.3 Å². The standard InChI is InChI=1S/C24H23FN2O5S/c1-17-7-13-21(14-8-17)33(30,31)27(2)20-11-9-18(10-12-20)24(29)32-16-23(28)26-15-19-5-3-4-6-22(19)25/h3-14H,15-16H2,1-2H3,(H,26,28). The molecule has 0 bridgehead atoms. The molecule has 0 aliphatic heterocycles. The quantitative estimate of drug-likeness (QED) is 0.509. The number of esters is 1. The highest BCUT2D eigenvalue weighted by Gasteiger charge is 2.21. The Morgan fingerprint density at radius 1 is 0.970 bits per heavy atom. The highest BCUT2D eigenvalue weighted by Crippen LogP contribution is 2.23. The zero-order chi connectivity index (χ0) is 24.0. The first kappa shape index (κ1) is 23.9. The van der Waals surface area contributed by atoms with Crippen LogP contribution in [0.25, 0.3) is 0 Å². The molecule has 0 fully saturated rings. The summed E-state index contributed by atoms with van der Waals surface area (Å²) in [5, 5.41) is 2.48. The van der Waals surface area contributed by atoms with Crippen LogP contribution in [0.3, 0.4) is 0 Å². The number of sulfonamides is 1. The van der Waals surface area contributed by atoms with E-state index >= 15 is 0 Å². The van der Waals surface area contributed by atoms with E-state index in [0.29, 0.717) is 11.3 Å². The Morgan fingerprint density at radius 2 is 1.61 bits per heavy atom. The molecule has 0 saturated heterocycles. The number of rotatable bonds is 8. The minimum Gasteiger partial charge on any atom is -0.452 e. The fraction of sp³-hybridized carbons (Fsp3) is 0.167. The third-order valence-corrected chi connectivity index (χ3v) is 6.71. The number of nitrogens with zero attached hydrogens (tertiary/aromatic N) is 1. The van der Waals surface area contributed by atoms with Gasteiger partial charge in [-0.05, 0) is 49.4 Å². The number of hydrogen-bond acceptors (Lipinski definition) is 5. The molecule has 0 unspecified atom stereocenters. The number of anilines is 1. The lowest BCUT2D eigenvalue weighted by atomic mass is 10.2. The molecule has 3 aromatic carbocycles. The zero-order valence-corrected chi connectivity index (χ0v) is 18.9. The fourth-order valence-corrected chi connectivity index (χ4v) is 4.11. The Kier molecular flexibility index (Phi) is 7.44. The predicted octanol–water partition coefficient (Wildman–Crippen LogP) is 3.43. The van der Waals surface area contributed by atoms with E-state index in [1.165, 1.54) is 49.5 Å². The van der Waals surface area contributed by atoms with E-state index < -0.39 is 34.3 Å². The van der Waals surface area contributed by atoms with Crippen molar-refractivity contribution in [2.24, 2.45) is 0 Å². The first-order valence-electron chi connectivity index (χ1n) is 10.0. The first-order chi connectivity index (χ1) is 15.7. The Balaban J connectivity index is 1.56. The third kappa shape index (κ3) is 5.95. The number of carbonyl (C=O) groups is 2. The van der Waals surface area contributed by atoms with Gasteiger partial charge in [-0.15, -0.1) is 0 Å². The highest BCUT2D eigenvalue weighted by atomic mass is 32.2. The van der Waals surface area contributed by atoms with Gasteiger partial charge in [0.25, 0.3) is 15.9 Å². The van der Waals surface area contributed by atoms with Crippen LogP contribution in [-0.4, -0.2) is 33.9 Å². The van der Waals surface area contributed by atoms with E-state index in [-0.39, 0.29) is 17.0 Å². The van der Waals surface area contributed by atoms with Gasteiger partial charge in [-0.1, -0.05) is 35.9 Å². The predicted molar refractivity (Wildman–Crippen MR) is 122 cm³/mol. The van der Waals surface area contributed by atoms with E-state index in [9.17, 15) is 22.4 Å². The number of hydrogen-bond donors (Lipinski definition) is 1. The monoisotopic (exact) mass is 470 g/mol. The number of nitrogens with one attached hydrogen (secondary N) is 1. The molecule has 0 spiro atoms. The van der Waals surface area contributed by atoms with Crippen molar-refractivity contribution >= 4 is 27.6 Å². The number of carbonyl (C=O) groups excluding carboxylic acids is 2. The second kappa shape index (κ2) is 10.3. The molecule has 3 aromatic rings. The van der Waals surface area contributed by atoms with Crippen molar-refractivity contribution in [2.45, 2.75) is 18.4 Å². The smallest absolute Gasteiger partial charge is 0.338 e. The fourth-order valence-electron chi connectivity index (χ4n) is 2.92. The number of amides is 1. The SMILES string of the molecule is Cc1ccc(S(=O)(=O)N(C)c2ccc(C(=O)OCC(=O)NCc3ccccc3F)cc2)cc1.